The molecule has 0 atom stereocenters. The van der Waals surface area contributed by atoms with Crippen molar-refractivity contribution in [3.63, 3.8) is 0 Å². The van der Waals surface area contributed by atoms with Crippen LogP contribution in [0.15, 0.2) is 12.1 Å². The molecule has 0 heterocycles. The normalized spacial score (nSPS) is 18.4. The van der Waals surface area contributed by atoms with Crippen LogP contribution in [0.1, 0.15) is 29.8 Å². The zero-order valence-electron chi connectivity index (χ0n) is 8.03. The molecule has 0 aromatic heterocycles. The van der Waals surface area contributed by atoms with Gasteiger partial charge in [0.25, 0.3) is 0 Å². The summed E-state index contributed by atoms with van der Waals surface area (Å²) in [7, 11) is 0. The van der Waals surface area contributed by atoms with Gasteiger partial charge in [-0.15, -0.1) is 0 Å². The number of rotatable bonds is 0. The molecule has 3 heteroatoms. The van der Waals surface area contributed by atoms with Gasteiger partial charge in [0, 0.05) is 11.0 Å². The smallest absolute Gasteiger partial charge is 0.169 e. The lowest BCUT2D eigenvalue weighted by molar-refractivity contribution is 0.0863. The van der Waals surface area contributed by atoms with Crippen molar-refractivity contribution in [2.75, 3.05) is 0 Å². The number of Topliss-reactive ketones (excluding diaryl/α,β-unsaturated/α-hetero) is 1. The van der Waals surface area contributed by atoms with E-state index in [0.29, 0.717) is 17.5 Å². The average Bonchev–Trinajstić information content (AvgIpc) is 2.28. The number of carbonyl (C=O) groups excluding carboxylic acids is 1. The molecule has 0 fully saturated rings. The van der Waals surface area contributed by atoms with Crippen molar-refractivity contribution in [2.45, 2.75) is 20.3 Å². The van der Waals surface area contributed by atoms with Gasteiger partial charge >= 0.3 is 0 Å². The molecule has 0 spiro atoms. The molecule has 1 aliphatic rings. The van der Waals surface area contributed by atoms with E-state index in [-0.39, 0.29) is 5.78 Å². The SMILES string of the molecule is CC1(C)Cc2cc(F)c(F)cc2C1=O. The molecule has 0 radical (unpaired) electrons. The van der Waals surface area contributed by atoms with E-state index in [0.717, 1.165) is 12.1 Å². The molecule has 14 heavy (non-hydrogen) atoms. The highest BCUT2D eigenvalue weighted by atomic mass is 19.2. The molecule has 0 saturated carbocycles. The van der Waals surface area contributed by atoms with Gasteiger partial charge in [-0.1, -0.05) is 13.8 Å². The van der Waals surface area contributed by atoms with E-state index >= 15 is 0 Å². The van der Waals surface area contributed by atoms with Gasteiger partial charge in [0.2, 0.25) is 0 Å². The number of ketones is 1. The summed E-state index contributed by atoms with van der Waals surface area (Å²) in [6.07, 6.45) is 0.484. The number of benzene rings is 1. The fraction of sp³-hybridized carbons (Fsp3) is 0.364. The maximum Gasteiger partial charge on any atom is 0.169 e. The van der Waals surface area contributed by atoms with Gasteiger partial charge in [0.05, 0.1) is 0 Å². The van der Waals surface area contributed by atoms with E-state index in [1.807, 2.05) is 0 Å². The largest absolute Gasteiger partial charge is 0.294 e. The van der Waals surface area contributed by atoms with Crippen molar-refractivity contribution in [2.24, 2.45) is 5.41 Å². The maximum absolute atomic E-state index is 12.9. The zero-order valence-corrected chi connectivity index (χ0v) is 8.03. The van der Waals surface area contributed by atoms with E-state index in [1.54, 1.807) is 13.8 Å². The Bertz CT molecular complexity index is 422. The third-order valence-electron chi connectivity index (χ3n) is 2.64. The average molecular weight is 196 g/mol. The molecule has 0 amide bonds. The van der Waals surface area contributed by atoms with Gasteiger partial charge in [-0.2, -0.15) is 0 Å². The summed E-state index contributed by atoms with van der Waals surface area (Å²) < 4.78 is 25.7. The minimum atomic E-state index is -0.949. The highest BCUT2D eigenvalue weighted by Gasteiger charge is 2.38. The van der Waals surface area contributed by atoms with E-state index in [2.05, 4.69) is 0 Å². The predicted octanol–water partition coefficient (Wildman–Crippen LogP) is 2.73. The molecule has 0 unspecified atom stereocenters. The van der Waals surface area contributed by atoms with Crippen molar-refractivity contribution in [3.8, 4) is 0 Å². The van der Waals surface area contributed by atoms with Crippen LogP contribution in [0.25, 0.3) is 0 Å². The third-order valence-corrected chi connectivity index (χ3v) is 2.64. The molecular formula is C11H10F2O. The summed E-state index contributed by atoms with van der Waals surface area (Å²) in [5, 5.41) is 0. The first-order valence-electron chi connectivity index (χ1n) is 4.44. The number of halogens is 2. The lowest BCUT2D eigenvalue weighted by Gasteiger charge is -2.12. The molecule has 2 rings (SSSR count). The third kappa shape index (κ3) is 1.15. The Morgan fingerprint density at radius 3 is 2.43 bits per heavy atom. The first-order valence-corrected chi connectivity index (χ1v) is 4.44. The van der Waals surface area contributed by atoms with E-state index < -0.39 is 17.0 Å². The first-order chi connectivity index (χ1) is 6.42. The second-order valence-corrected chi connectivity index (χ2v) is 4.31. The van der Waals surface area contributed by atoms with Crippen LogP contribution in [0.4, 0.5) is 8.78 Å². The second kappa shape index (κ2) is 2.62. The Kier molecular flexibility index (Phi) is 1.74. The summed E-state index contributed by atoms with van der Waals surface area (Å²) in [5.41, 5.74) is 0.413. The molecule has 1 aromatic carbocycles. The van der Waals surface area contributed by atoms with Crippen molar-refractivity contribution in [1.82, 2.24) is 0 Å². The zero-order chi connectivity index (χ0) is 10.5. The van der Waals surface area contributed by atoms with Crippen molar-refractivity contribution in [3.05, 3.63) is 34.9 Å². The Balaban J connectivity index is 2.61. The van der Waals surface area contributed by atoms with Crippen LogP contribution in [0.2, 0.25) is 0 Å². The Labute approximate surface area is 80.7 Å². The topological polar surface area (TPSA) is 17.1 Å². The summed E-state index contributed by atoms with van der Waals surface area (Å²) in [5.74, 6) is -1.93. The van der Waals surface area contributed by atoms with E-state index in [9.17, 15) is 13.6 Å². The Morgan fingerprint density at radius 2 is 1.79 bits per heavy atom. The molecule has 0 saturated heterocycles. The number of hydrogen-bond donors (Lipinski definition) is 0. The standard InChI is InChI=1S/C11H10F2O/c1-11(2)5-6-3-8(12)9(13)4-7(6)10(11)14/h3-4H,5H2,1-2H3. The van der Waals surface area contributed by atoms with Gasteiger partial charge in [-0.05, 0) is 24.1 Å². The van der Waals surface area contributed by atoms with Crippen molar-refractivity contribution in [1.29, 1.82) is 0 Å². The van der Waals surface area contributed by atoms with Gasteiger partial charge in [-0.25, -0.2) is 8.78 Å². The fourth-order valence-electron chi connectivity index (χ4n) is 1.87. The molecule has 1 aliphatic carbocycles. The molecule has 0 N–H and O–H groups in total. The molecule has 0 aliphatic heterocycles. The minimum absolute atomic E-state index is 0.105. The van der Waals surface area contributed by atoms with Crippen LogP contribution in [-0.2, 0) is 6.42 Å². The van der Waals surface area contributed by atoms with Crippen LogP contribution in [0.3, 0.4) is 0 Å². The Morgan fingerprint density at radius 1 is 1.21 bits per heavy atom. The van der Waals surface area contributed by atoms with Gasteiger partial charge in [-0.3, -0.25) is 4.79 Å². The van der Waals surface area contributed by atoms with E-state index in [4.69, 9.17) is 0 Å². The van der Waals surface area contributed by atoms with Crippen LogP contribution in [0, 0.1) is 17.0 Å². The van der Waals surface area contributed by atoms with Gasteiger partial charge in [0.15, 0.2) is 17.4 Å². The maximum atomic E-state index is 12.9. The minimum Gasteiger partial charge on any atom is -0.294 e. The number of hydrogen-bond acceptors (Lipinski definition) is 1. The highest BCUT2D eigenvalue weighted by Crippen LogP contribution is 2.36. The quantitative estimate of drug-likeness (QED) is 0.623. The molecule has 1 nitrogen and oxygen atoms in total. The molecule has 74 valence electrons. The summed E-state index contributed by atoms with van der Waals surface area (Å²) >= 11 is 0. The molecule has 1 aromatic rings. The van der Waals surface area contributed by atoms with Crippen LogP contribution in [-0.4, -0.2) is 5.78 Å². The van der Waals surface area contributed by atoms with Crippen LogP contribution < -0.4 is 0 Å². The predicted molar refractivity (Wildman–Crippen MR) is 48.2 cm³/mol. The number of carbonyl (C=O) groups is 1. The van der Waals surface area contributed by atoms with Gasteiger partial charge in [0.1, 0.15) is 0 Å². The van der Waals surface area contributed by atoms with E-state index in [1.165, 1.54) is 0 Å². The lowest BCUT2D eigenvalue weighted by Crippen LogP contribution is -2.18. The van der Waals surface area contributed by atoms with Crippen LogP contribution in [0.5, 0.6) is 0 Å². The highest BCUT2D eigenvalue weighted by molar-refractivity contribution is 6.04. The van der Waals surface area contributed by atoms with Crippen molar-refractivity contribution < 1.29 is 13.6 Å². The summed E-state index contributed by atoms with van der Waals surface area (Å²) in [4.78, 5) is 11.7. The lowest BCUT2D eigenvalue weighted by atomic mass is 9.89. The second-order valence-electron chi connectivity index (χ2n) is 4.31. The molecular weight excluding hydrogens is 186 g/mol. The summed E-state index contributed by atoms with van der Waals surface area (Å²) in [6, 6.07) is 2.12. The van der Waals surface area contributed by atoms with Gasteiger partial charge < -0.3 is 0 Å². The van der Waals surface area contributed by atoms with Crippen LogP contribution >= 0.6 is 0 Å². The Hall–Kier alpha value is -1.25. The number of fused-ring (bicyclic) bond motifs is 1. The van der Waals surface area contributed by atoms with Crippen molar-refractivity contribution >= 4 is 5.78 Å². The first kappa shape index (κ1) is 9.31. The monoisotopic (exact) mass is 196 g/mol. The molecule has 0 bridgehead atoms. The summed E-state index contributed by atoms with van der Waals surface area (Å²) in [6.45, 7) is 3.57. The fourth-order valence-corrected chi connectivity index (χ4v) is 1.87.